The number of nitrogens with zero attached hydrogens (tertiary/aromatic N) is 1. The van der Waals surface area contributed by atoms with Crippen LogP contribution in [0, 0.1) is 0 Å². The Morgan fingerprint density at radius 2 is 2.64 bits per heavy atom. The van der Waals surface area contributed by atoms with Crippen LogP contribution in [0.4, 0.5) is 0 Å². The van der Waals surface area contributed by atoms with E-state index < -0.39 is 43.8 Å². The first-order chi connectivity index (χ1) is 9.22. The van der Waals surface area contributed by atoms with Gasteiger partial charge in [0, 0.05) is 8.22 Å². The second-order valence-corrected chi connectivity index (χ2v) is 2.28. The summed E-state index contributed by atoms with van der Waals surface area (Å²) in [6.07, 6.45) is -4.12. The van der Waals surface area contributed by atoms with Gasteiger partial charge in [0.05, 0.1) is 17.7 Å². The molecule has 0 amide bonds. The highest BCUT2D eigenvalue weighted by atomic mass is 79.9. The molecular weight excluding hydrogens is 206 g/mol. The normalized spacial score (nSPS) is 26.6. The van der Waals surface area contributed by atoms with Gasteiger partial charge in [0.2, 0.25) is 0 Å². The summed E-state index contributed by atoms with van der Waals surface area (Å²) in [6.45, 7) is -6.74. The van der Waals surface area contributed by atoms with Crippen LogP contribution in [0.3, 0.4) is 0 Å². The topological polar surface area (TPSA) is 22.1 Å². The molecule has 0 unspecified atom stereocenters. The Bertz CT molecular complexity index is 539. The van der Waals surface area contributed by atoms with Gasteiger partial charge in [-0.15, -0.1) is 0 Å². The zero-order valence-electron chi connectivity index (χ0n) is 15.2. The maximum atomic E-state index is 7.66. The van der Waals surface area contributed by atoms with Crippen molar-refractivity contribution in [2.75, 3.05) is 0 Å². The number of aromatic nitrogens is 1. The number of ether oxygens (including phenoxy) is 1. The lowest BCUT2D eigenvalue weighted by Gasteiger charge is -2.07. The van der Waals surface area contributed by atoms with Crippen molar-refractivity contribution >= 4 is 15.9 Å². The van der Waals surface area contributed by atoms with E-state index in [4.69, 9.17) is 18.4 Å². The summed E-state index contributed by atoms with van der Waals surface area (Å²) in [5.41, 5.74) is 0. The van der Waals surface area contributed by atoms with Crippen LogP contribution in [-0.2, 0) is 0 Å². The van der Waals surface area contributed by atoms with Gasteiger partial charge < -0.3 is 4.74 Å². The summed E-state index contributed by atoms with van der Waals surface area (Å²) in [6, 6.07) is -1.24. The average Bonchev–Trinajstić information content (AvgIpc) is 2.28. The molecule has 1 rings (SSSR count). The molecule has 0 N–H and O–H groups in total. The van der Waals surface area contributed by atoms with Crippen molar-refractivity contribution in [3.05, 3.63) is 22.9 Å². The third kappa shape index (κ3) is 2.89. The summed E-state index contributed by atoms with van der Waals surface area (Å²) in [5.74, 6) is -0.842. The van der Waals surface area contributed by atoms with Crippen LogP contribution in [0.25, 0.3) is 0 Å². The van der Waals surface area contributed by atoms with Gasteiger partial charge in [-0.1, -0.05) is 0 Å². The second-order valence-electron chi connectivity index (χ2n) is 1.52. The molecule has 1 aromatic heterocycles. The second kappa shape index (κ2) is 3.72. The van der Waals surface area contributed by atoms with E-state index in [1.54, 1.807) is 0 Å². The Morgan fingerprint density at radius 1 is 1.82 bits per heavy atom. The van der Waals surface area contributed by atoms with E-state index in [-0.39, 0.29) is 4.60 Å². The van der Waals surface area contributed by atoms with Crippen molar-refractivity contribution in [2.45, 2.75) is 19.8 Å². The quantitative estimate of drug-likeness (QED) is 0.723. The van der Waals surface area contributed by atoms with Gasteiger partial charge in [-0.25, -0.2) is 4.98 Å². The predicted octanol–water partition coefficient (Wildman–Crippen LogP) is 2.63. The Labute approximate surface area is 88.8 Å². The summed E-state index contributed by atoms with van der Waals surface area (Å²) in [4.78, 5) is 3.48. The molecule has 0 radical (unpaired) electrons. The number of rotatable bonds is 2. The van der Waals surface area contributed by atoms with Crippen LogP contribution < -0.4 is 4.74 Å². The number of pyridine rings is 1. The first-order valence-electron chi connectivity index (χ1n) is 7.54. The van der Waals surface area contributed by atoms with Crippen molar-refractivity contribution in [2.24, 2.45) is 0 Å². The molecule has 0 aromatic carbocycles. The molecule has 2 nitrogen and oxygen atoms in total. The van der Waals surface area contributed by atoms with E-state index in [0.717, 1.165) is 0 Å². The number of hydrogen-bond acceptors (Lipinski definition) is 2. The van der Waals surface area contributed by atoms with Gasteiger partial charge in [0.1, 0.15) is 10.4 Å². The highest BCUT2D eigenvalue weighted by Gasteiger charge is 1.96. The lowest BCUT2D eigenvalue weighted by Crippen LogP contribution is -2.05. The first kappa shape index (κ1) is 2.22. The molecule has 60 valence electrons. The van der Waals surface area contributed by atoms with Crippen LogP contribution in [0.15, 0.2) is 22.9 Å². The van der Waals surface area contributed by atoms with E-state index in [2.05, 4.69) is 20.9 Å². The molecule has 0 aliphatic heterocycles. The maximum absolute atomic E-state index is 7.66. The molecule has 0 aliphatic carbocycles. The fourth-order valence-corrected chi connectivity index (χ4v) is 0.602. The SMILES string of the molecule is [2H]c1nc(Br)c([2H])c([2H])c1OC([2H])(C([2H])([2H])[2H])C([2H])([2H])[2H]. The van der Waals surface area contributed by atoms with Gasteiger partial charge in [-0.05, 0) is 41.7 Å². The molecule has 11 heavy (non-hydrogen) atoms. The molecular formula is C8H10BrNO. The van der Waals surface area contributed by atoms with Crippen LogP contribution in [0.2, 0.25) is 0 Å². The Hall–Kier alpha value is -0.570. The molecule has 0 fully saturated rings. The van der Waals surface area contributed by atoms with Crippen molar-refractivity contribution in [3.8, 4) is 5.75 Å². The van der Waals surface area contributed by atoms with E-state index in [1.165, 1.54) is 0 Å². The fraction of sp³-hybridized carbons (Fsp3) is 0.375. The zero-order valence-corrected chi connectivity index (χ0v) is 6.82. The van der Waals surface area contributed by atoms with Crippen LogP contribution >= 0.6 is 15.9 Å². The molecule has 0 spiro atoms. The fourth-order valence-electron chi connectivity index (χ4n) is 0.414. The molecule has 0 saturated heterocycles. The monoisotopic (exact) mass is 225 g/mol. The van der Waals surface area contributed by atoms with Crippen molar-refractivity contribution < 1.29 is 18.4 Å². The van der Waals surface area contributed by atoms with Gasteiger partial charge in [-0.3, -0.25) is 0 Å². The number of halogens is 1. The molecule has 0 aliphatic rings. The minimum atomic E-state index is -3.38. The standard InChI is InChI=1S/C8H10BrNO/c1-6(2)11-7-3-4-8(9)10-5-7/h3-6H,1-2H3/i1D3,2D3,3D,4D,5D,6D. The van der Waals surface area contributed by atoms with E-state index in [9.17, 15) is 0 Å². The van der Waals surface area contributed by atoms with Crippen LogP contribution in [0.1, 0.15) is 27.4 Å². The Kier molecular flexibility index (Phi) is 0.751. The van der Waals surface area contributed by atoms with Gasteiger partial charge >= 0.3 is 0 Å². The molecule has 0 saturated carbocycles. The minimum Gasteiger partial charge on any atom is -0.489 e. The molecule has 3 heteroatoms. The van der Waals surface area contributed by atoms with Crippen molar-refractivity contribution in [3.63, 3.8) is 0 Å². The maximum Gasteiger partial charge on any atom is 0.138 e. The summed E-state index contributed by atoms with van der Waals surface area (Å²) < 4.78 is 78.0. The van der Waals surface area contributed by atoms with E-state index in [0.29, 0.717) is 0 Å². The van der Waals surface area contributed by atoms with Gasteiger partial charge in [0.15, 0.2) is 0 Å². The zero-order chi connectivity index (χ0) is 16.8. The smallest absolute Gasteiger partial charge is 0.138 e. The Balaban J connectivity index is 3.47. The highest BCUT2D eigenvalue weighted by molar-refractivity contribution is 9.10. The van der Waals surface area contributed by atoms with E-state index in [1.807, 2.05) is 0 Å². The summed E-state index contributed by atoms with van der Waals surface area (Å²) in [7, 11) is 0. The molecule has 1 heterocycles. The average molecular weight is 226 g/mol. The largest absolute Gasteiger partial charge is 0.489 e. The van der Waals surface area contributed by atoms with Crippen LogP contribution in [-0.4, -0.2) is 11.1 Å². The Morgan fingerprint density at radius 3 is 3.36 bits per heavy atom. The van der Waals surface area contributed by atoms with Gasteiger partial charge in [-0.2, -0.15) is 0 Å². The third-order valence-corrected chi connectivity index (χ3v) is 1.11. The van der Waals surface area contributed by atoms with E-state index >= 15 is 0 Å². The molecule has 1 aromatic rings. The predicted molar refractivity (Wildman–Crippen MR) is 47.7 cm³/mol. The summed E-state index contributed by atoms with van der Waals surface area (Å²) >= 11 is 2.83. The van der Waals surface area contributed by atoms with Crippen LogP contribution in [0.5, 0.6) is 5.75 Å². The van der Waals surface area contributed by atoms with Gasteiger partial charge in [0.25, 0.3) is 0 Å². The minimum absolute atomic E-state index is 0.150. The third-order valence-electron chi connectivity index (χ3n) is 0.739. The molecule has 0 bridgehead atoms. The first-order valence-corrected chi connectivity index (χ1v) is 3.34. The lowest BCUT2D eigenvalue weighted by atomic mass is 10.4. The highest BCUT2D eigenvalue weighted by Crippen LogP contribution is 2.13. The number of hydrogen-bond donors (Lipinski definition) is 0. The van der Waals surface area contributed by atoms with Crippen molar-refractivity contribution in [1.82, 2.24) is 4.98 Å². The lowest BCUT2D eigenvalue weighted by molar-refractivity contribution is 0.241. The van der Waals surface area contributed by atoms with Crippen molar-refractivity contribution in [1.29, 1.82) is 0 Å². The molecule has 0 atom stereocenters. The summed E-state index contributed by atoms with van der Waals surface area (Å²) in [5, 5.41) is 0.